The van der Waals surface area contributed by atoms with Gasteiger partial charge in [0.2, 0.25) is 0 Å². The lowest BCUT2D eigenvalue weighted by atomic mass is 10.3. The molecule has 4 heteroatoms. The van der Waals surface area contributed by atoms with Crippen molar-refractivity contribution in [3.63, 3.8) is 0 Å². The third-order valence-electron chi connectivity index (χ3n) is 2.63. The molecule has 0 radical (unpaired) electrons. The van der Waals surface area contributed by atoms with E-state index in [1.807, 2.05) is 18.3 Å². The van der Waals surface area contributed by atoms with E-state index in [1.54, 1.807) is 11.3 Å². The molecule has 0 spiro atoms. The van der Waals surface area contributed by atoms with E-state index in [1.165, 1.54) is 9.88 Å². The minimum absolute atomic E-state index is 0.853. The largest absolute Gasteiger partial charge is 0.310 e. The van der Waals surface area contributed by atoms with Gasteiger partial charge in [0.15, 0.2) is 0 Å². The van der Waals surface area contributed by atoms with E-state index < -0.39 is 0 Å². The van der Waals surface area contributed by atoms with Crippen LogP contribution in [0.25, 0.3) is 0 Å². The SMILES string of the molecule is Cc1nc(CNCCc2ccccn2)sc1C. The first-order chi connectivity index (χ1) is 8.25. The standard InChI is InChI=1S/C13H17N3S/c1-10-11(2)17-13(16-10)9-14-8-6-12-5-3-4-7-15-12/h3-5,7,14H,6,8-9H2,1-2H3. The molecule has 0 aliphatic rings. The third kappa shape index (κ3) is 3.61. The summed E-state index contributed by atoms with van der Waals surface area (Å²) in [6, 6.07) is 6.02. The van der Waals surface area contributed by atoms with Crippen LogP contribution >= 0.6 is 11.3 Å². The van der Waals surface area contributed by atoms with Crippen LogP contribution in [0.4, 0.5) is 0 Å². The van der Waals surface area contributed by atoms with Crippen LogP contribution in [0.15, 0.2) is 24.4 Å². The van der Waals surface area contributed by atoms with Crippen molar-refractivity contribution < 1.29 is 0 Å². The average Bonchev–Trinajstić information content (AvgIpc) is 2.66. The first-order valence-electron chi connectivity index (χ1n) is 5.79. The van der Waals surface area contributed by atoms with Crippen molar-refractivity contribution >= 4 is 11.3 Å². The maximum absolute atomic E-state index is 4.50. The molecule has 0 aromatic carbocycles. The van der Waals surface area contributed by atoms with Gasteiger partial charge in [0.1, 0.15) is 5.01 Å². The summed E-state index contributed by atoms with van der Waals surface area (Å²) >= 11 is 1.77. The molecular weight excluding hydrogens is 230 g/mol. The molecule has 17 heavy (non-hydrogen) atoms. The highest BCUT2D eigenvalue weighted by molar-refractivity contribution is 7.11. The quantitative estimate of drug-likeness (QED) is 0.825. The Hall–Kier alpha value is -1.26. The Labute approximate surface area is 106 Å². The maximum Gasteiger partial charge on any atom is 0.107 e. The Balaban J connectivity index is 1.73. The number of aryl methyl sites for hydroxylation is 2. The minimum Gasteiger partial charge on any atom is -0.310 e. The second kappa shape index (κ2) is 5.89. The Morgan fingerprint density at radius 2 is 2.18 bits per heavy atom. The van der Waals surface area contributed by atoms with Gasteiger partial charge in [-0.05, 0) is 26.0 Å². The zero-order chi connectivity index (χ0) is 12.1. The van der Waals surface area contributed by atoms with Gasteiger partial charge in [0, 0.05) is 36.3 Å². The molecule has 0 amide bonds. The summed E-state index contributed by atoms with van der Waals surface area (Å²) < 4.78 is 0. The highest BCUT2D eigenvalue weighted by atomic mass is 32.1. The second-order valence-corrected chi connectivity index (χ2v) is 5.28. The van der Waals surface area contributed by atoms with Crippen LogP contribution in [-0.2, 0) is 13.0 Å². The van der Waals surface area contributed by atoms with E-state index in [4.69, 9.17) is 0 Å². The fraction of sp³-hybridized carbons (Fsp3) is 0.385. The lowest BCUT2D eigenvalue weighted by molar-refractivity contribution is 0.676. The molecule has 0 bridgehead atoms. The summed E-state index contributed by atoms with van der Waals surface area (Å²) in [5, 5.41) is 4.57. The molecule has 2 aromatic heterocycles. The van der Waals surface area contributed by atoms with Gasteiger partial charge in [-0.3, -0.25) is 4.98 Å². The number of rotatable bonds is 5. The zero-order valence-electron chi connectivity index (χ0n) is 10.2. The molecule has 0 aliphatic carbocycles. The van der Waals surface area contributed by atoms with Crippen molar-refractivity contribution in [1.29, 1.82) is 0 Å². The van der Waals surface area contributed by atoms with Gasteiger partial charge in [-0.25, -0.2) is 4.98 Å². The Morgan fingerprint density at radius 1 is 1.29 bits per heavy atom. The summed E-state index contributed by atoms with van der Waals surface area (Å²) in [6.45, 7) is 5.97. The molecule has 2 heterocycles. The fourth-order valence-corrected chi connectivity index (χ4v) is 2.48. The van der Waals surface area contributed by atoms with E-state index in [0.717, 1.165) is 30.9 Å². The predicted octanol–water partition coefficient (Wildman–Crippen LogP) is 2.49. The van der Waals surface area contributed by atoms with E-state index in [0.29, 0.717) is 0 Å². The molecule has 2 rings (SSSR count). The Kier molecular flexibility index (Phi) is 4.23. The first-order valence-corrected chi connectivity index (χ1v) is 6.61. The number of thiazole rings is 1. The van der Waals surface area contributed by atoms with Crippen LogP contribution in [0.1, 0.15) is 21.3 Å². The molecule has 0 saturated heterocycles. The zero-order valence-corrected chi connectivity index (χ0v) is 11.0. The normalized spacial score (nSPS) is 10.7. The number of pyridine rings is 1. The average molecular weight is 247 g/mol. The van der Waals surface area contributed by atoms with E-state index in [-0.39, 0.29) is 0 Å². The number of nitrogens with one attached hydrogen (secondary N) is 1. The van der Waals surface area contributed by atoms with Crippen molar-refractivity contribution in [3.05, 3.63) is 45.7 Å². The van der Waals surface area contributed by atoms with Crippen LogP contribution in [-0.4, -0.2) is 16.5 Å². The summed E-state index contributed by atoms with van der Waals surface area (Å²) in [6.07, 6.45) is 2.80. The topological polar surface area (TPSA) is 37.8 Å². The molecule has 0 aliphatic heterocycles. The lowest BCUT2D eigenvalue weighted by Crippen LogP contribution is -2.16. The van der Waals surface area contributed by atoms with Gasteiger partial charge in [0.05, 0.1) is 5.69 Å². The van der Waals surface area contributed by atoms with Gasteiger partial charge in [-0.2, -0.15) is 0 Å². The van der Waals surface area contributed by atoms with Gasteiger partial charge >= 0.3 is 0 Å². The molecule has 0 fully saturated rings. The van der Waals surface area contributed by atoms with Crippen molar-refractivity contribution in [1.82, 2.24) is 15.3 Å². The Bertz CT molecular complexity index is 445. The lowest BCUT2D eigenvalue weighted by Gasteiger charge is -2.01. The fourth-order valence-electron chi connectivity index (χ4n) is 1.57. The highest BCUT2D eigenvalue weighted by Crippen LogP contribution is 2.15. The van der Waals surface area contributed by atoms with Crippen LogP contribution in [0.3, 0.4) is 0 Å². The van der Waals surface area contributed by atoms with Crippen molar-refractivity contribution in [2.24, 2.45) is 0 Å². The number of hydrogen-bond acceptors (Lipinski definition) is 4. The second-order valence-electron chi connectivity index (χ2n) is 4.00. The van der Waals surface area contributed by atoms with E-state index in [9.17, 15) is 0 Å². The number of aromatic nitrogens is 2. The summed E-state index contributed by atoms with van der Waals surface area (Å²) in [5.41, 5.74) is 2.28. The first kappa shape index (κ1) is 12.2. The smallest absolute Gasteiger partial charge is 0.107 e. The molecule has 2 aromatic rings. The van der Waals surface area contributed by atoms with Gasteiger partial charge in [-0.15, -0.1) is 11.3 Å². The monoisotopic (exact) mass is 247 g/mol. The summed E-state index contributed by atoms with van der Waals surface area (Å²) in [4.78, 5) is 10.1. The number of nitrogens with zero attached hydrogens (tertiary/aromatic N) is 2. The molecule has 0 unspecified atom stereocenters. The van der Waals surface area contributed by atoms with E-state index >= 15 is 0 Å². The highest BCUT2D eigenvalue weighted by Gasteiger charge is 2.02. The molecule has 1 N–H and O–H groups in total. The molecule has 0 saturated carbocycles. The van der Waals surface area contributed by atoms with Crippen LogP contribution in [0, 0.1) is 13.8 Å². The van der Waals surface area contributed by atoms with Gasteiger partial charge < -0.3 is 5.32 Å². The van der Waals surface area contributed by atoms with E-state index in [2.05, 4.69) is 35.2 Å². The van der Waals surface area contributed by atoms with Gasteiger partial charge in [-0.1, -0.05) is 6.07 Å². The predicted molar refractivity (Wildman–Crippen MR) is 71.2 cm³/mol. The minimum atomic E-state index is 0.853. The maximum atomic E-state index is 4.50. The Morgan fingerprint density at radius 3 is 2.82 bits per heavy atom. The van der Waals surface area contributed by atoms with Crippen LogP contribution < -0.4 is 5.32 Å². The molecular formula is C13H17N3S. The van der Waals surface area contributed by atoms with Crippen LogP contribution in [0.5, 0.6) is 0 Å². The van der Waals surface area contributed by atoms with Crippen molar-refractivity contribution in [3.8, 4) is 0 Å². The number of hydrogen-bond donors (Lipinski definition) is 1. The molecule has 90 valence electrons. The molecule has 3 nitrogen and oxygen atoms in total. The third-order valence-corrected chi connectivity index (χ3v) is 3.71. The summed E-state index contributed by atoms with van der Waals surface area (Å²) in [7, 11) is 0. The summed E-state index contributed by atoms with van der Waals surface area (Å²) in [5.74, 6) is 0. The van der Waals surface area contributed by atoms with Crippen molar-refractivity contribution in [2.75, 3.05) is 6.54 Å². The van der Waals surface area contributed by atoms with Crippen LogP contribution in [0.2, 0.25) is 0 Å². The van der Waals surface area contributed by atoms with Gasteiger partial charge in [0.25, 0.3) is 0 Å². The van der Waals surface area contributed by atoms with Crippen molar-refractivity contribution in [2.45, 2.75) is 26.8 Å². The molecule has 0 atom stereocenters.